The summed E-state index contributed by atoms with van der Waals surface area (Å²) < 4.78 is 6.29. The first kappa shape index (κ1) is 13.9. The lowest BCUT2D eigenvalue weighted by molar-refractivity contribution is -0.323. The van der Waals surface area contributed by atoms with Gasteiger partial charge in [-0.2, -0.15) is 9.78 Å². The highest BCUT2D eigenvalue weighted by atomic mass is 17.3. The molecule has 3 nitrogen and oxygen atoms in total. The van der Waals surface area contributed by atoms with E-state index in [2.05, 4.69) is 39.0 Å². The van der Waals surface area contributed by atoms with Gasteiger partial charge in [0.15, 0.2) is 0 Å². The summed E-state index contributed by atoms with van der Waals surface area (Å²) in [6.45, 7) is 6.61. The van der Waals surface area contributed by atoms with E-state index in [1.165, 1.54) is 5.56 Å². The number of hydrogen-bond acceptors (Lipinski definition) is 3. The molecule has 0 saturated carbocycles. The Hall–Kier alpha value is -1.68. The molecule has 0 aliphatic carbocycles. The van der Waals surface area contributed by atoms with Crippen LogP contribution in [0.2, 0.25) is 0 Å². The van der Waals surface area contributed by atoms with Crippen molar-refractivity contribution in [2.24, 2.45) is 5.41 Å². The molecule has 3 heteroatoms. The highest BCUT2D eigenvalue weighted by Gasteiger charge is 2.57. The molecule has 3 atom stereocenters. The zero-order chi connectivity index (χ0) is 15.4. The second kappa shape index (κ2) is 4.66. The van der Waals surface area contributed by atoms with Crippen molar-refractivity contribution < 1.29 is 14.5 Å². The van der Waals surface area contributed by atoms with Crippen molar-refractivity contribution in [1.29, 1.82) is 0 Å². The lowest BCUT2D eigenvalue weighted by Gasteiger charge is -2.40. The van der Waals surface area contributed by atoms with E-state index in [1.54, 1.807) is 0 Å². The zero-order valence-corrected chi connectivity index (χ0v) is 13.1. The fourth-order valence-corrected chi connectivity index (χ4v) is 3.57. The van der Waals surface area contributed by atoms with Crippen LogP contribution in [0.25, 0.3) is 0 Å². The number of hydrogen-bond donors (Lipinski definition) is 0. The first-order valence-electron chi connectivity index (χ1n) is 7.70. The monoisotopic (exact) mass is 296 g/mol. The molecule has 0 spiro atoms. The second-order valence-electron chi connectivity index (χ2n) is 7.08. The highest BCUT2D eigenvalue weighted by Crippen LogP contribution is 2.55. The molecule has 1 fully saturated rings. The zero-order valence-electron chi connectivity index (χ0n) is 13.1. The maximum Gasteiger partial charge on any atom is 0.256 e. The molecule has 2 aromatic rings. The van der Waals surface area contributed by atoms with Gasteiger partial charge in [-0.3, -0.25) is 0 Å². The molecule has 2 heterocycles. The van der Waals surface area contributed by atoms with Gasteiger partial charge in [-0.15, -0.1) is 0 Å². The number of rotatable bonds is 1. The molecule has 4 rings (SSSR count). The highest BCUT2D eigenvalue weighted by molar-refractivity contribution is 5.44. The van der Waals surface area contributed by atoms with E-state index in [0.717, 1.165) is 11.1 Å². The predicted molar refractivity (Wildman–Crippen MR) is 82.9 cm³/mol. The smallest absolute Gasteiger partial charge is 0.256 e. The maximum atomic E-state index is 6.29. The average Bonchev–Trinajstić information content (AvgIpc) is 2.88. The van der Waals surface area contributed by atoms with E-state index in [0.29, 0.717) is 0 Å². The van der Waals surface area contributed by atoms with E-state index >= 15 is 0 Å². The van der Waals surface area contributed by atoms with Crippen LogP contribution in [0.4, 0.5) is 0 Å². The lowest BCUT2D eigenvalue weighted by Crippen LogP contribution is -2.41. The normalized spacial score (nSPS) is 30.1. The molecule has 0 amide bonds. The minimum Gasteiger partial charge on any atom is -0.307 e. The van der Waals surface area contributed by atoms with Crippen LogP contribution in [0.15, 0.2) is 54.6 Å². The van der Waals surface area contributed by atoms with E-state index in [-0.39, 0.29) is 11.3 Å². The van der Waals surface area contributed by atoms with Gasteiger partial charge < -0.3 is 4.74 Å². The SMILES string of the molecule is CC(C)(C)C1c2ccccc2[C@]2(c3ccccc3)OO[C@H]1O2. The number of ether oxygens (including phenoxy) is 1. The average molecular weight is 296 g/mol. The summed E-state index contributed by atoms with van der Waals surface area (Å²) in [5, 5.41) is 0. The van der Waals surface area contributed by atoms with Crippen LogP contribution in [-0.2, 0) is 20.3 Å². The molecular weight excluding hydrogens is 276 g/mol. The third-order valence-corrected chi connectivity index (χ3v) is 4.55. The Bertz CT molecular complexity index is 689. The summed E-state index contributed by atoms with van der Waals surface area (Å²) in [5.74, 6) is -0.826. The van der Waals surface area contributed by atoms with Crippen molar-refractivity contribution in [2.45, 2.75) is 38.8 Å². The van der Waals surface area contributed by atoms with Crippen LogP contribution in [-0.4, -0.2) is 6.29 Å². The number of fused-ring (bicyclic) bond motifs is 4. The molecule has 114 valence electrons. The van der Waals surface area contributed by atoms with Crippen LogP contribution >= 0.6 is 0 Å². The standard InChI is InChI=1S/C19H20O3/c1-18(2,3)16-14-11-7-8-12-15(14)19(20-17(16)21-22-19)13-9-5-4-6-10-13/h4-12,16-17H,1-3H3/t16?,17-,19+/m1/s1. The van der Waals surface area contributed by atoms with Crippen molar-refractivity contribution in [3.05, 3.63) is 71.3 Å². The van der Waals surface area contributed by atoms with Crippen molar-refractivity contribution in [2.75, 3.05) is 0 Å². The molecule has 2 bridgehead atoms. The van der Waals surface area contributed by atoms with Gasteiger partial charge in [-0.25, -0.2) is 0 Å². The Labute approximate surface area is 130 Å². The Morgan fingerprint density at radius 1 is 0.909 bits per heavy atom. The summed E-state index contributed by atoms with van der Waals surface area (Å²) in [7, 11) is 0. The molecule has 22 heavy (non-hydrogen) atoms. The third-order valence-electron chi connectivity index (χ3n) is 4.55. The van der Waals surface area contributed by atoms with Crippen LogP contribution in [0.1, 0.15) is 43.4 Å². The van der Waals surface area contributed by atoms with Crippen LogP contribution in [0.5, 0.6) is 0 Å². The van der Waals surface area contributed by atoms with E-state index in [1.807, 2.05) is 36.4 Å². The third kappa shape index (κ3) is 1.86. The molecular formula is C19H20O3. The van der Waals surface area contributed by atoms with E-state index < -0.39 is 12.1 Å². The number of benzene rings is 2. The van der Waals surface area contributed by atoms with E-state index in [4.69, 9.17) is 14.5 Å². The lowest BCUT2D eigenvalue weighted by atomic mass is 9.72. The Balaban J connectivity index is 1.94. The first-order valence-corrected chi connectivity index (χ1v) is 7.70. The van der Waals surface area contributed by atoms with Gasteiger partial charge in [0, 0.05) is 17.0 Å². The summed E-state index contributed by atoms with van der Waals surface area (Å²) in [6.07, 6.45) is -0.393. The van der Waals surface area contributed by atoms with Crippen LogP contribution in [0, 0.1) is 5.41 Å². The van der Waals surface area contributed by atoms with Gasteiger partial charge in [0.1, 0.15) is 0 Å². The Morgan fingerprint density at radius 2 is 1.59 bits per heavy atom. The molecule has 1 saturated heterocycles. The maximum absolute atomic E-state index is 6.29. The van der Waals surface area contributed by atoms with Gasteiger partial charge in [0.05, 0.1) is 0 Å². The topological polar surface area (TPSA) is 27.7 Å². The summed E-state index contributed by atoms with van der Waals surface area (Å²) in [4.78, 5) is 11.4. The fraction of sp³-hybridized carbons (Fsp3) is 0.368. The molecule has 1 unspecified atom stereocenters. The van der Waals surface area contributed by atoms with E-state index in [9.17, 15) is 0 Å². The van der Waals surface area contributed by atoms with Gasteiger partial charge in [0.25, 0.3) is 5.79 Å². The van der Waals surface area contributed by atoms with Gasteiger partial charge in [-0.05, 0) is 11.0 Å². The van der Waals surface area contributed by atoms with Crippen molar-refractivity contribution >= 4 is 0 Å². The molecule has 2 aliphatic heterocycles. The first-order chi connectivity index (χ1) is 10.5. The minimum atomic E-state index is -0.954. The van der Waals surface area contributed by atoms with Gasteiger partial charge >= 0.3 is 0 Å². The van der Waals surface area contributed by atoms with Crippen LogP contribution < -0.4 is 0 Å². The predicted octanol–water partition coefficient (Wildman–Crippen LogP) is 4.34. The second-order valence-corrected chi connectivity index (χ2v) is 7.08. The quantitative estimate of drug-likeness (QED) is 0.733. The Morgan fingerprint density at radius 3 is 2.32 bits per heavy atom. The van der Waals surface area contributed by atoms with Gasteiger partial charge in [0.2, 0.25) is 6.29 Å². The molecule has 0 radical (unpaired) electrons. The largest absolute Gasteiger partial charge is 0.307 e. The molecule has 0 aromatic heterocycles. The molecule has 2 aliphatic rings. The summed E-state index contributed by atoms with van der Waals surface area (Å²) in [5.41, 5.74) is 3.25. The fourth-order valence-electron chi connectivity index (χ4n) is 3.57. The molecule has 0 N–H and O–H groups in total. The molecule has 2 aromatic carbocycles. The van der Waals surface area contributed by atoms with Crippen LogP contribution in [0.3, 0.4) is 0 Å². The van der Waals surface area contributed by atoms with Crippen molar-refractivity contribution in [3.8, 4) is 0 Å². The van der Waals surface area contributed by atoms with Gasteiger partial charge in [-0.1, -0.05) is 75.4 Å². The van der Waals surface area contributed by atoms with Crippen molar-refractivity contribution in [1.82, 2.24) is 0 Å². The minimum absolute atomic E-state index is 0.0112. The summed E-state index contributed by atoms with van der Waals surface area (Å²) >= 11 is 0. The Kier molecular flexibility index (Phi) is 2.95. The summed E-state index contributed by atoms with van der Waals surface area (Å²) in [6, 6.07) is 18.3. The van der Waals surface area contributed by atoms with Crippen molar-refractivity contribution in [3.63, 3.8) is 0 Å².